The average molecular weight is 697 g/mol. The van der Waals surface area contributed by atoms with E-state index < -0.39 is 0 Å². The summed E-state index contributed by atoms with van der Waals surface area (Å²) in [5, 5.41) is 0. The van der Waals surface area contributed by atoms with Crippen molar-refractivity contribution in [2.24, 2.45) is 0 Å². The van der Waals surface area contributed by atoms with Gasteiger partial charge in [-0.1, -0.05) is 0 Å². The van der Waals surface area contributed by atoms with Crippen molar-refractivity contribution in [2.45, 2.75) is 0 Å². The summed E-state index contributed by atoms with van der Waals surface area (Å²) in [5.74, 6) is -0.192. The number of hydrogen-bond acceptors (Lipinski definition) is 5. The number of morpholine rings is 2. The molecule has 2 aliphatic heterocycles. The van der Waals surface area contributed by atoms with Crippen molar-refractivity contribution in [3.05, 3.63) is 21.8 Å². The Bertz CT molecular complexity index is 675. The first-order valence-corrected chi connectivity index (χ1v) is 11.4. The van der Waals surface area contributed by atoms with Crippen LogP contribution in [-0.2, 0) is 9.47 Å². The predicted octanol–water partition coefficient (Wildman–Crippen LogP) is 2.03. The number of hydrogen-bond donors (Lipinski definition) is 1. The SMILES string of the molecule is Nc1c(I)c(C(=O)N2CCOCC2)c(I)c(C(=O)N2CCOCC2)c1I. The summed E-state index contributed by atoms with van der Waals surface area (Å²) in [6.45, 7) is 4.29. The number of amides is 2. The second kappa shape index (κ2) is 9.05. The monoisotopic (exact) mass is 697 g/mol. The number of halogens is 3. The lowest BCUT2D eigenvalue weighted by atomic mass is 10.1. The molecule has 26 heavy (non-hydrogen) atoms. The number of nitrogen functional groups attached to an aromatic ring is 1. The minimum Gasteiger partial charge on any atom is -0.397 e. The molecule has 0 spiro atoms. The summed E-state index contributed by atoms with van der Waals surface area (Å²) in [6.07, 6.45) is 0. The Morgan fingerprint density at radius 1 is 0.731 bits per heavy atom. The van der Waals surface area contributed by atoms with Gasteiger partial charge in [-0.15, -0.1) is 0 Å². The van der Waals surface area contributed by atoms with E-state index in [1.165, 1.54) is 0 Å². The maximum absolute atomic E-state index is 13.1. The van der Waals surface area contributed by atoms with Crippen LogP contribution in [0, 0.1) is 10.7 Å². The van der Waals surface area contributed by atoms with Gasteiger partial charge in [-0.3, -0.25) is 9.59 Å². The molecule has 0 aromatic heterocycles. The lowest BCUT2D eigenvalue weighted by Crippen LogP contribution is -2.43. The molecule has 2 fully saturated rings. The number of carbonyl (C=O) groups is 2. The lowest BCUT2D eigenvalue weighted by molar-refractivity contribution is 0.0296. The molecule has 0 saturated carbocycles. The second-order valence-corrected chi connectivity index (χ2v) is 9.15. The molecular weight excluding hydrogens is 679 g/mol. The molecule has 2 aliphatic rings. The van der Waals surface area contributed by atoms with Crippen LogP contribution in [0.1, 0.15) is 20.7 Å². The maximum atomic E-state index is 13.1. The van der Waals surface area contributed by atoms with E-state index in [1.54, 1.807) is 9.80 Å². The Morgan fingerprint density at radius 3 is 1.42 bits per heavy atom. The summed E-state index contributed by atoms with van der Waals surface area (Å²) in [4.78, 5) is 29.8. The van der Waals surface area contributed by atoms with Crippen LogP contribution in [0.15, 0.2) is 0 Å². The standard InChI is InChI=1S/C16H18I3N3O4/c17-11-9(15(23)21-1-5-25-6-2-21)12(18)14(20)13(19)10(11)16(24)22-3-7-26-8-4-22/h1-8,20H2. The van der Waals surface area contributed by atoms with E-state index >= 15 is 0 Å². The Labute approximate surface area is 192 Å². The summed E-state index contributed by atoms with van der Waals surface area (Å²) < 4.78 is 12.7. The van der Waals surface area contributed by atoms with E-state index in [-0.39, 0.29) is 11.8 Å². The maximum Gasteiger partial charge on any atom is 0.256 e. The summed E-state index contributed by atoms with van der Waals surface area (Å²) in [6, 6.07) is 0. The van der Waals surface area contributed by atoms with Crippen LogP contribution in [0.25, 0.3) is 0 Å². The average Bonchev–Trinajstić information content (AvgIpc) is 2.67. The fourth-order valence-electron chi connectivity index (χ4n) is 2.91. The third-order valence-electron chi connectivity index (χ3n) is 4.38. The van der Waals surface area contributed by atoms with Crippen molar-refractivity contribution >= 4 is 85.3 Å². The van der Waals surface area contributed by atoms with Gasteiger partial charge in [-0.2, -0.15) is 0 Å². The molecule has 2 amide bonds. The molecule has 3 rings (SSSR count). The minimum absolute atomic E-state index is 0.0961. The van der Waals surface area contributed by atoms with E-state index in [4.69, 9.17) is 15.2 Å². The van der Waals surface area contributed by atoms with Gasteiger partial charge in [-0.05, 0) is 67.8 Å². The van der Waals surface area contributed by atoms with Crippen LogP contribution in [0.2, 0.25) is 0 Å². The van der Waals surface area contributed by atoms with E-state index in [0.29, 0.717) is 80.1 Å². The quantitative estimate of drug-likeness (QED) is 0.378. The molecular formula is C16H18I3N3O4. The van der Waals surface area contributed by atoms with Gasteiger partial charge in [0.25, 0.3) is 11.8 Å². The number of ether oxygens (including phenoxy) is 2. The number of anilines is 1. The zero-order valence-electron chi connectivity index (χ0n) is 13.9. The molecule has 2 heterocycles. The number of nitrogens with two attached hydrogens (primary N) is 1. The highest BCUT2D eigenvalue weighted by Gasteiger charge is 2.31. The summed E-state index contributed by atoms with van der Waals surface area (Å²) >= 11 is 6.32. The van der Waals surface area contributed by atoms with Gasteiger partial charge in [0.15, 0.2) is 0 Å². The van der Waals surface area contributed by atoms with E-state index in [1.807, 2.05) is 0 Å². The Kier molecular flexibility index (Phi) is 7.24. The van der Waals surface area contributed by atoms with E-state index in [0.717, 1.165) is 0 Å². The molecule has 0 atom stereocenters. The number of rotatable bonds is 2. The van der Waals surface area contributed by atoms with Gasteiger partial charge in [0, 0.05) is 29.7 Å². The largest absolute Gasteiger partial charge is 0.397 e. The molecule has 1 aromatic carbocycles. The topological polar surface area (TPSA) is 85.1 Å². The van der Waals surface area contributed by atoms with Crippen molar-refractivity contribution in [3.63, 3.8) is 0 Å². The molecule has 0 radical (unpaired) electrons. The molecule has 0 aliphatic carbocycles. The Balaban J connectivity index is 2.03. The molecule has 142 valence electrons. The second-order valence-electron chi connectivity index (χ2n) is 5.91. The first-order valence-electron chi connectivity index (χ1n) is 8.13. The predicted molar refractivity (Wildman–Crippen MR) is 122 cm³/mol. The zero-order valence-corrected chi connectivity index (χ0v) is 20.4. The first-order chi connectivity index (χ1) is 12.4. The lowest BCUT2D eigenvalue weighted by Gasteiger charge is -2.30. The van der Waals surface area contributed by atoms with Gasteiger partial charge in [-0.25, -0.2) is 0 Å². The fourth-order valence-corrected chi connectivity index (χ4v) is 7.00. The van der Waals surface area contributed by atoms with Gasteiger partial charge in [0.1, 0.15) is 0 Å². The number of benzene rings is 1. The Morgan fingerprint density at radius 2 is 1.08 bits per heavy atom. The molecule has 2 N–H and O–H groups in total. The van der Waals surface area contributed by atoms with Crippen molar-refractivity contribution in [3.8, 4) is 0 Å². The van der Waals surface area contributed by atoms with Crippen LogP contribution in [0.4, 0.5) is 5.69 Å². The van der Waals surface area contributed by atoms with Crippen LogP contribution in [0.3, 0.4) is 0 Å². The van der Waals surface area contributed by atoms with Crippen LogP contribution < -0.4 is 5.73 Å². The fraction of sp³-hybridized carbons (Fsp3) is 0.500. The Hall–Kier alpha value is 0.0700. The van der Waals surface area contributed by atoms with Gasteiger partial charge < -0.3 is 25.0 Å². The molecule has 7 nitrogen and oxygen atoms in total. The minimum atomic E-state index is -0.0961. The zero-order chi connectivity index (χ0) is 18.8. The van der Waals surface area contributed by atoms with Crippen LogP contribution in [-0.4, -0.2) is 74.2 Å². The van der Waals surface area contributed by atoms with E-state index in [9.17, 15) is 9.59 Å². The van der Waals surface area contributed by atoms with Gasteiger partial charge in [0.2, 0.25) is 0 Å². The highest BCUT2D eigenvalue weighted by atomic mass is 127. The van der Waals surface area contributed by atoms with Crippen molar-refractivity contribution < 1.29 is 19.1 Å². The summed E-state index contributed by atoms with van der Waals surface area (Å²) in [5.41, 5.74) is 7.80. The highest BCUT2D eigenvalue weighted by molar-refractivity contribution is 14.1. The third kappa shape index (κ3) is 4.07. The van der Waals surface area contributed by atoms with Gasteiger partial charge in [0.05, 0.1) is 50.4 Å². The molecule has 2 saturated heterocycles. The summed E-state index contributed by atoms with van der Waals surface area (Å²) in [7, 11) is 0. The third-order valence-corrected chi connectivity index (χ3v) is 7.69. The molecule has 0 bridgehead atoms. The van der Waals surface area contributed by atoms with Gasteiger partial charge >= 0.3 is 0 Å². The van der Waals surface area contributed by atoms with Crippen LogP contribution >= 0.6 is 67.8 Å². The molecule has 1 aromatic rings. The molecule has 0 unspecified atom stereocenters. The normalized spacial score (nSPS) is 18.1. The van der Waals surface area contributed by atoms with Crippen molar-refractivity contribution in [1.29, 1.82) is 0 Å². The number of carbonyl (C=O) groups excluding carboxylic acids is 2. The van der Waals surface area contributed by atoms with E-state index in [2.05, 4.69) is 67.8 Å². The van der Waals surface area contributed by atoms with Crippen molar-refractivity contribution in [1.82, 2.24) is 9.80 Å². The molecule has 10 heteroatoms. The highest BCUT2D eigenvalue weighted by Crippen LogP contribution is 2.35. The first kappa shape index (κ1) is 20.8. The van der Waals surface area contributed by atoms with Crippen LogP contribution in [0.5, 0.6) is 0 Å². The smallest absolute Gasteiger partial charge is 0.256 e. The number of nitrogens with zero attached hydrogens (tertiary/aromatic N) is 2. The van der Waals surface area contributed by atoms with Crippen molar-refractivity contribution in [2.75, 3.05) is 58.3 Å².